The van der Waals surface area contributed by atoms with Gasteiger partial charge in [-0.15, -0.1) is 11.3 Å². The van der Waals surface area contributed by atoms with Crippen molar-refractivity contribution in [3.8, 4) is 39.5 Å². The third-order valence-corrected chi connectivity index (χ3v) is 13.2. The lowest BCUT2D eigenvalue weighted by atomic mass is 10.00. The summed E-state index contributed by atoms with van der Waals surface area (Å²) in [5.41, 5.74) is 11.4. The van der Waals surface area contributed by atoms with Crippen molar-refractivity contribution in [1.29, 1.82) is 0 Å². The quantitative estimate of drug-likeness (QED) is 0.179. The topological polar surface area (TPSA) is 43.9 Å². The first-order valence-corrected chi connectivity index (χ1v) is 20.7. The van der Waals surface area contributed by atoms with E-state index in [1.54, 1.807) is 11.3 Å². The highest BCUT2D eigenvalue weighted by Crippen LogP contribution is 2.43. The van der Waals surface area contributed by atoms with Crippen LogP contribution in [0.5, 0.6) is 0 Å². The third-order valence-electron chi connectivity index (χ3n) is 12.0. The van der Waals surface area contributed by atoms with Gasteiger partial charge in [-0.1, -0.05) is 140 Å². The van der Waals surface area contributed by atoms with Crippen molar-refractivity contribution in [1.82, 2.24) is 14.5 Å². The molecular formula is C54H31N3OS. The van der Waals surface area contributed by atoms with Gasteiger partial charge >= 0.3 is 0 Å². The molecule has 0 saturated heterocycles. The molecule has 4 aromatic heterocycles. The fourth-order valence-electron chi connectivity index (χ4n) is 9.24. The minimum atomic E-state index is 0.677. The molecule has 0 unspecified atom stereocenters. The Bertz CT molecular complexity index is 3740. The van der Waals surface area contributed by atoms with Gasteiger partial charge in [0.25, 0.3) is 0 Å². The second kappa shape index (κ2) is 12.4. The third kappa shape index (κ3) is 4.89. The van der Waals surface area contributed by atoms with Crippen LogP contribution < -0.4 is 0 Å². The average molecular weight is 770 g/mol. The molecule has 274 valence electrons. The maximum atomic E-state index is 6.63. The molecule has 0 spiro atoms. The summed E-state index contributed by atoms with van der Waals surface area (Å²) in [6, 6.07) is 67.2. The molecule has 9 aromatic carbocycles. The first-order valence-electron chi connectivity index (χ1n) is 19.9. The summed E-state index contributed by atoms with van der Waals surface area (Å²) in [4.78, 5) is 10.6. The van der Waals surface area contributed by atoms with Gasteiger partial charge in [-0.3, -0.25) is 0 Å². The smallest absolute Gasteiger partial charge is 0.160 e. The molecule has 0 saturated carbocycles. The highest BCUT2D eigenvalue weighted by molar-refractivity contribution is 7.26. The van der Waals surface area contributed by atoms with E-state index >= 15 is 0 Å². The lowest BCUT2D eigenvalue weighted by Crippen LogP contribution is -1.94. The number of fused-ring (bicyclic) bond motifs is 13. The summed E-state index contributed by atoms with van der Waals surface area (Å²) in [6.07, 6.45) is 0. The van der Waals surface area contributed by atoms with Gasteiger partial charge in [0.05, 0.1) is 26.9 Å². The molecule has 13 rings (SSSR count). The van der Waals surface area contributed by atoms with Gasteiger partial charge in [-0.2, -0.15) is 0 Å². The Balaban J connectivity index is 0.976. The summed E-state index contributed by atoms with van der Waals surface area (Å²) in [5.74, 6) is 0.677. The fraction of sp³-hybridized carbons (Fsp3) is 0. The van der Waals surface area contributed by atoms with Crippen LogP contribution in [-0.2, 0) is 0 Å². The van der Waals surface area contributed by atoms with Gasteiger partial charge in [0.1, 0.15) is 11.2 Å². The maximum Gasteiger partial charge on any atom is 0.160 e. The molecule has 0 bridgehead atoms. The van der Waals surface area contributed by atoms with Crippen LogP contribution in [0.3, 0.4) is 0 Å². The number of hydrogen-bond acceptors (Lipinski definition) is 4. The Morgan fingerprint density at radius 2 is 1.05 bits per heavy atom. The number of rotatable bonds is 4. The van der Waals surface area contributed by atoms with Crippen molar-refractivity contribution >= 4 is 96.9 Å². The summed E-state index contributed by atoms with van der Waals surface area (Å²) in [6.45, 7) is 0. The van der Waals surface area contributed by atoms with Crippen LogP contribution in [0.15, 0.2) is 192 Å². The molecule has 59 heavy (non-hydrogen) atoms. The first kappa shape index (κ1) is 32.5. The van der Waals surface area contributed by atoms with E-state index in [2.05, 4.69) is 187 Å². The second-order valence-electron chi connectivity index (χ2n) is 15.3. The Morgan fingerprint density at radius 1 is 0.424 bits per heavy atom. The summed E-state index contributed by atoms with van der Waals surface area (Å²) in [5, 5.41) is 10.8. The summed E-state index contributed by atoms with van der Waals surface area (Å²) in [7, 11) is 0. The Hall–Kier alpha value is -7.60. The number of hydrogen-bond donors (Lipinski definition) is 0. The highest BCUT2D eigenvalue weighted by Gasteiger charge is 2.20. The standard InChI is InChI=1S/C54H31N3OS/c1-2-10-32(11-3-1)33-18-20-36(21-19-33)51-53-52(42-16-8-9-17-48(42)59-53)56-54(55-51)37-22-26-41-43-31-38(25-29-46(43)58-47(41)30-37)57-44-27-23-34-12-4-6-14-39(34)49(44)50-40-15-7-5-13-35(40)24-28-45(50)57/h1-31H. The van der Waals surface area contributed by atoms with Gasteiger partial charge in [0.2, 0.25) is 0 Å². The number of furan rings is 1. The predicted molar refractivity (Wildman–Crippen MR) is 248 cm³/mol. The van der Waals surface area contributed by atoms with Crippen LogP contribution >= 0.6 is 11.3 Å². The lowest BCUT2D eigenvalue weighted by molar-refractivity contribution is 0.669. The average Bonchev–Trinajstić information content (AvgIpc) is 3.98. The zero-order chi connectivity index (χ0) is 38.6. The first-order chi connectivity index (χ1) is 29.2. The minimum absolute atomic E-state index is 0.677. The van der Waals surface area contributed by atoms with Crippen molar-refractivity contribution < 1.29 is 4.42 Å². The van der Waals surface area contributed by atoms with Crippen LogP contribution in [0.4, 0.5) is 0 Å². The molecule has 0 atom stereocenters. The Kier molecular flexibility index (Phi) is 6.85. The van der Waals surface area contributed by atoms with Crippen LogP contribution in [-0.4, -0.2) is 14.5 Å². The fourth-order valence-corrected chi connectivity index (χ4v) is 10.4. The van der Waals surface area contributed by atoms with E-state index in [0.717, 1.165) is 60.0 Å². The Morgan fingerprint density at radius 3 is 1.80 bits per heavy atom. The summed E-state index contributed by atoms with van der Waals surface area (Å²) < 4.78 is 11.3. The van der Waals surface area contributed by atoms with E-state index in [1.165, 1.54) is 59.2 Å². The minimum Gasteiger partial charge on any atom is -0.456 e. The number of thiophene rings is 1. The van der Waals surface area contributed by atoms with E-state index in [0.29, 0.717) is 5.82 Å². The largest absolute Gasteiger partial charge is 0.456 e. The predicted octanol–water partition coefficient (Wildman–Crippen LogP) is 15.1. The van der Waals surface area contributed by atoms with Crippen molar-refractivity contribution in [2.75, 3.05) is 0 Å². The zero-order valence-electron chi connectivity index (χ0n) is 31.6. The van der Waals surface area contributed by atoms with Crippen LogP contribution in [0.2, 0.25) is 0 Å². The molecule has 4 nitrogen and oxygen atoms in total. The molecule has 0 amide bonds. The molecule has 5 heteroatoms. The Labute approximate surface area is 341 Å². The molecule has 13 aromatic rings. The maximum absolute atomic E-state index is 6.63. The normalized spacial score (nSPS) is 12.1. The van der Waals surface area contributed by atoms with Gasteiger partial charge in [-0.05, 0) is 81.2 Å². The van der Waals surface area contributed by atoms with Crippen molar-refractivity contribution in [2.45, 2.75) is 0 Å². The summed E-state index contributed by atoms with van der Waals surface area (Å²) >= 11 is 1.75. The molecule has 0 aliphatic heterocycles. The van der Waals surface area contributed by atoms with E-state index in [9.17, 15) is 0 Å². The molecule has 0 aliphatic carbocycles. The molecular weight excluding hydrogens is 739 g/mol. The van der Waals surface area contributed by atoms with E-state index in [4.69, 9.17) is 14.4 Å². The molecule has 0 N–H and O–H groups in total. The van der Waals surface area contributed by atoms with Crippen molar-refractivity contribution in [3.63, 3.8) is 0 Å². The van der Waals surface area contributed by atoms with Crippen molar-refractivity contribution in [3.05, 3.63) is 188 Å². The number of aromatic nitrogens is 3. The van der Waals surface area contributed by atoms with Crippen LogP contribution in [0.1, 0.15) is 0 Å². The van der Waals surface area contributed by atoms with Gasteiger partial charge in [-0.25, -0.2) is 9.97 Å². The SMILES string of the molecule is c1ccc(-c2ccc(-c3nc(-c4ccc5c(c4)oc4ccc(-n6c7ccc8ccccc8c7c7c8ccccc8ccc76)cc45)nc4c3sc3ccccc34)cc2)cc1. The van der Waals surface area contributed by atoms with Gasteiger partial charge < -0.3 is 8.98 Å². The van der Waals surface area contributed by atoms with Crippen LogP contribution in [0.25, 0.3) is 125 Å². The molecule has 4 heterocycles. The zero-order valence-corrected chi connectivity index (χ0v) is 32.4. The molecule has 0 radical (unpaired) electrons. The van der Waals surface area contributed by atoms with E-state index < -0.39 is 0 Å². The highest BCUT2D eigenvalue weighted by atomic mass is 32.1. The van der Waals surface area contributed by atoms with E-state index in [-0.39, 0.29) is 0 Å². The lowest BCUT2D eigenvalue weighted by Gasteiger charge is -2.09. The molecule has 0 aliphatic rings. The molecule has 0 fully saturated rings. The van der Waals surface area contributed by atoms with E-state index in [1.807, 2.05) is 6.07 Å². The van der Waals surface area contributed by atoms with Gasteiger partial charge in [0, 0.05) is 48.4 Å². The monoisotopic (exact) mass is 769 g/mol. The van der Waals surface area contributed by atoms with Crippen LogP contribution in [0, 0.1) is 0 Å². The number of nitrogens with zero attached hydrogens (tertiary/aromatic N) is 3. The number of benzene rings is 9. The van der Waals surface area contributed by atoms with Crippen molar-refractivity contribution in [2.24, 2.45) is 0 Å². The second-order valence-corrected chi connectivity index (χ2v) is 16.4. The van der Waals surface area contributed by atoms with Gasteiger partial charge in [0.15, 0.2) is 5.82 Å².